The van der Waals surface area contributed by atoms with Gasteiger partial charge in [-0.2, -0.15) is 0 Å². The fourth-order valence-electron chi connectivity index (χ4n) is 2.27. The van der Waals surface area contributed by atoms with Crippen molar-refractivity contribution in [2.24, 2.45) is 5.92 Å². The zero-order valence-electron chi connectivity index (χ0n) is 14.1. The summed E-state index contributed by atoms with van der Waals surface area (Å²) in [5, 5.41) is 0. The molecule has 0 aliphatic rings. The SMILES string of the molecule is CC/C=C/C(C)CCCC[Si](OCC)(OCC)OCC. The molecular formula is C16H34O3Si. The van der Waals surface area contributed by atoms with E-state index in [4.69, 9.17) is 13.3 Å². The first-order valence-electron chi connectivity index (χ1n) is 8.22. The van der Waals surface area contributed by atoms with E-state index < -0.39 is 8.80 Å². The van der Waals surface area contributed by atoms with Crippen LogP contribution >= 0.6 is 0 Å². The summed E-state index contributed by atoms with van der Waals surface area (Å²) in [7, 11) is -2.41. The fourth-order valence-corrected chi connectivity index (χ4v) is 4.96. The van der Waals surface area contributed by atoms with Gasteiger partial charge in [-0.3, -0.25) is 0 Å². The van der Waals surface area contributed by atoms with Crippen LogP contribution in [-0.4, -0.2) is 28.6 Å². The quantitative estimate of drug-likeness (QED) is 0.278. The Morgan fingerprint density at radius 1 is 0.900 bits per heavy atom. The van der Waals surface area contributed by atoms with Crippen LogP contribution in [0.4, 0.5) is 0 Å². The fraction of sp³-hybridized carbons (Fsp3) is 0.875. The molecule has 0 rings (SSSR count). The zero-order chi connectivity index (χ0) is 15.3. The van der Waals surface area contributed by atoms with Gasteiger partial charge in [-0.05, 0) is 46.0 Å². The average Bonchev–Trinajstić information content (AvgIpc) is 2.42. The van der Waals surface area contributed by atoms with E-state index in [0.29, 0.717) is 25.7 Å². The van der Waals surface area contributed by atoms with Crippen molar-refractivity contribution in [1.82, 2.24) is 0 Å². The molecule has 0 N–H and O–H groups in total. The normalized spacial score (nSPS) is 14.1. The Hall–Kier alpha value is -0.163. The second-order valence-corrected chi connectivity index (χ2v) is 7.77. The molecule has 0 aromatic heterocycles. The van der Waals surface area contributed by atoms with Gasteiger partial charge in [0.1, 0.15) is 0 Å². The van der Waals surface area contributed by atoms with Crippen LogP contribution < -0.4 is 0 Å². The molecule has 0 heterocycles. The Morgan fingerprint density at radius 3 is 1.90 bits per heavy atom. The first-order valence-corrected chi connectivity index (χ1v) is 10.2. The summed E-state index contributed by atoms with van der Waals surface area (Å²) in [5.74, 6) is 0.664. The summed E-state index contributed by atoms with van der Waals surface area (Å²) in [6.45, 7) is 12.5. The van der Waals surface area contributed by atoms with Crippen molar-refractivity contribution in [3.63, 3.8) is 0 Å². The van der Waals surface area contributed by atoms with Crippen LogP contribution in [0.5, 0.6) is 0 Å². The molecule has 4 heteroatoms. The average molecular weight is 303 g/mol. The summed E-state index contributed by atoms with van der Waals surface area (Å²) in [4.78, 5) is 0. The highest BCUT2D eigenvalue weighted by atomic mass is 28.4. The van der Waals surface area contributed by atoms with Gasteiger partial charge in [0.25, 0.3) is 0 Å². The van der Waals surface area contributed by atoms with Crippen LogP contribution in [0.1, 0.15) is 60.3 Å². The second-order valence-electron chi connectivity index (χ2n) is 5.04. The summed E-state index contributed by atoms with van der Waals surface area (Å²) >= 11 is 0. The number of hydrogen-bond acceptors (Lipinski definition) is 3. The standard InChI is InChI=1S/C16H34O3Si/c1-6-10-13-16(5)14-11-12-15-20(17-7-2,18-8-3)19-9-4/h10,13,16H,6-9,11-12,14-15H2,1-5H3/b13-10+. The van der Waals surface area contributed by atoms with Gasteiger partial charge >= 0.3 is 8.80 Å². The molecule has 0 aliphatic carbocycles. The predicted octanol–water partition coefficient (Wildman–Crippen LogP) is 4.81. The topological polar surface area (TPSA) is 27.7 Å². The molecule has 0 spiro atoms. The highest BCUT2D eigenvalue weighted by Gasteiger charge is 2.39. The molecule has 20 heavy (non-hydrogen) atoms. The summed E-state index contributed by atoms with van der Waals surface area (Å²) < 4.78 is 17.6. The molecule has 0 aromatic rings. The van der Waals surface area contributed by atoms with Gasteiger partial charge in [0.15, 0.2) is 0 Å². The van der Waals surface area contributed by atoms with E-state index in [1.165, 1.54) is 12.8 Å². The molecule has 0 radical (unpaired) electrons. The first-order chi connectivity index (χ1) is 9.64. The number of rotatable bonds is 13. The zero-order valence-corrected chi connectivity index (χ0v) is 15.1. The van der Waals surface area contributed by atoms with E-state index in [9.17, 15) is 0 Å². The van der Waals surface area contributed by atoms with E-state index >= 15 is 0 Å². The highest BCUT2D eigenvalue weighted by Crippen LogP contribution is 2.21. The lowest BCUT2D eigenvalue weighted by Crippen LogP contribution is -2.45. The molecule has 0 aromatic carbocycles. The minimum absolute atomic E-state index is 0.664. The van der Waals surface area contributed by atoms with Gasteiger partial charge in [0.2, 0.25) is 0 Å². The maximum atomic E-state index is 5.86. The Labute approximate surface area is 127 Å². The summed E-state index contributed by atoms with van der Waals surface area (Å²) in [5.41, 5.74) is 0. The molecule has 3 nitrogen and oxygen atoms in total. The molecule has 0 saturated carbocycles. The Morgan fingerprint density at radius 2 is 1.45 bits per heavy atom. The molecular weight excluding hydrogens is 268 g/mol. The number of unbranched alkanes of at least 4 members (excludes halogenated alkanes) is 1. The minimum Gasteiger partial charge on any atom is -0.374 e. The third-order valence-corrected chi connectivity index (χ3v) is 6.34. The number of hydrogen-bond donors (Lipinski definition) is 0. The van der Waals surface area contributed by atoms with Gasteiger partial charge in [0.05, 0.1) is 0 Å². The van der Waals surface area contributed by atoms with E-state index in [1.54, 1.807) is 0 Å². The van der Waals surface area contributed by atoms with Crippen molar-refractivity contribution in [2.75, 3.05) is 19.8 Å². The summed E-state index contributed by atoms with van der Waals surface area (Å²) in [6.07, 6.45) is 9.25. The summed E-state index contributed by atoms with van der Waals surface area (Å²) in [6, 6.07) is 0.937. The lowest BCUT2D eigenvalue weighted by molar-refractivity contribution is 0.0706. The van der Waals surface area contributed by atoms with E-state index in [-0.39, 0.29) is 0 Å². The number of allylic oxidation sites excluding steroid dienone is 2. The van der Waals surface area contributed by atoms with Crippen molar-refractivity contribution >= 4 is 8.80 Å². The van der Waals surface area contributed by atoms with Crippen LogP contribution in [0.3, 0.4) is 0 Å². The van der Waals surface area contributed by atoms with Crippen molar-refractivity contribution < 1.29 is 13.3 Å². The van der Waals surface area contributed by atoms with Gasteiger partial charge in [-0.25, -0.2) is 0 Å². The van der Waals surface area contributed by atoms with Gasteiger partial charge in [-0.1, -0.05) is 32.4 Å². The van der Waals surface area contributed by atoms with Crippen LogP contribution in [0.2, 0.25) is 6.04 Å². The van der Waals surface area contributed by atoms with Crippen molar-refractivity contribution in [1.29, 1.82) is 0 Å². The van der Waals surface area contributed by atoms with Crippen LogP contribution in [-0.2, 0) is 13.3 Å². The monoisotopic (exact) mass is 302 g/mol. The highest BCUT2D eigenvalue weighted by molar-refractivity contribution is 6.60. The molecule has 0 fully saturated rings. The van der Waals surface area contributed by atoms with Gasteiger partial charge in [-0.15, -0.1) is 0 Å². The molecule has 0 bridgehead atoms. The Kier molecular flexibility index (Phi) is 12.5. The van der Waals surface area contributed by atoms with Gasteiger partial charge in [0, 0.05) is 25.9 Å². The molecule has 0 amide bonds. The third-order valence-electron chi connectivity index (χ3n) is 3.19. The molecule has 1 atom stereocenters. The van der Waals surface area contributed by atoms with E-state index in [2.05, 4.69) is 26.0 Å². The maximum Gasteiger partial charge on any atom is 0.500 e. The molecule has 0 aliphatic heterocycles. The lowest BCUT2D eigenvalue weighted by atomic mass is 10.0. The third kappa shape index (κ3) is 8.90. The smallest absolute Gasteiger partial charge is 0.374 e. The van der Waals surface area contributed by atoms with Gasteiger partial charge < -0.3 is 13.3 Å². The Balaban J connectivity index is 4.14. The van der Waals surface area contributed by atoms with E-state index in [0.717, 1.165) is 18.9 Å². The van der Waals surface area contributed by atoms with Crippen molar-refractivity contribution in [3.8, 4) is 0 Å². The van der Waals surface area contributed by atoms with Crippen LogP contribution in [0.25, 0.3) is 0 Å². The lowest BCUT2D eigenvalue weighted by Gasteiger charge is -2.28. The first kappa shape index (κ1) is 19.8. The second kappa shape index (κ2) is 12.6. The molecule has 0 saturated heterocycles. The molecule has 120 valence electrons. The predicted molar refractivity (Wildman–Crippen MR) is 87.9 cm³/mol. The Bertz CT molecular complexity index is 227. The van der Waals surface area contributed by atoms with Crippen LogP contribution in [0.15, 0.2) is 12.2 Å². The minimum atomic E-state index is -2.41. The molecule has 1 unspecified atom stereocenters. The largest absolute Gasteiger partial charge is 0.500 e. The van der Waals surface area contributed by atoms with Crippen LogP contribution in [0, 0.1) is 5.92 Å². The van der Waals surface area contributed by atoms with Crippen molar-refractivity contribution in [2.45, 2.75) is 66.3 Å². The van der Waals surface area contributed by atoms with Crippen molar-refractivity contribution in [3.05, 3.63) is 12.2 Å². The maximum absolute atomic E-state index is 5.86. The van der Waals surface area contributed by atoms with E-state index in [1.807, 2.05) is 20.8 Å².